The highest BCUT2D eigenvalue weighted by Crippen LogP contribution is 2.21. The molecular formula is C13H18N4O2S. The number of carbonyl (C=O) groups excluding carboxylic acids is 1. The van der Waals surface area contributed by atoms with E-state index in [2.05, 4.69) is 15.3 Å². The molecule has 2 aromatic rings. The Hall–Kier alpha value is -1.89. The van der Waals surface area contributed by atoms with Crippen LogP contribution in [0.1, 0.15) is 28.4 Å². The zero-order valence-electron chi connectivity index (χ0n) is 12.0. The molecule has 0 aliphatic rings. The second-order valence-corrected chi connectivity index (χ2v) is 5.95. The Labute approximate surface area is 120 Å². The first-order chi connectivity index (χ1) is 9.38. The minimum absolute atomic E-state index is 0.135. The molecule has 0 bridgehead atoms. The molecule has 0 aliphatic heterocycles. The van der Waals surface area contributed by atoms with E-state index < -0.39 is 0 Å². The molecule has 0 saturated carbocycles. The van der Waals surface area contributed by atoms with E-state index in [1.54, 1.807) is 4.57 Å². The van der Waals surface area contributed by atoms with Gasteiger partial charge in [0.1, 0.15) is 0 Å². The highest BCUT2D eigenvalue weighted by molar-refractivity contribution is 7.15. The second kappa shape index (κ2) is 5.62. The molecule has 2 aromatic heterocycles. The van der Waals surface area contributed by atoms with Crippen LogP contribution >= 0.6 is 11.3 Å². The molecule has 1 amide bonds. The number of aryl methyl sites for hydroxylation is 3. The summed E-state index contributed by atoms with van der Waals surface area (Å²) in [6.07, 6.45) is 0.246. The highest BCUT2D eigenvalue weighted by atomic mass is 32.1. The standard InChI is InChI=1S/C13H18N4O2S/c1-7-9(3)17(13(19)15-7)6-5-11(18)16-12-14-8(2)10(4)20-12/h5-6H2,1-4H3,(H,15,19)(H,14,16,18). The summed E-state index contributed by atoms with van der Waals surface area (Å²) in [4.78, 5) is 31.6. The summed E-state index contributed by atoms with van der Waals surface area (Å²) in [5.41, 5.74) is 2.46. The zero-order chi connectivity index (χ0) is 14.9. The fourth-order valence-corrected chi connectivity index (χ4v) is 2.69. The number of aromatic amines is 1. The van der Waals surface area contributed by atoms with Crippen molar-refractivity contribution in [2.75, 3.05) is 5.32 Å². The largest absolute Gasteiger partial charge is 0.325 e. The Bertz CT molecular complexity index is 676. The number of H-pyrrole nitrogens is 1. The summed E-state index contributed by atoms with van der Waals surface area (Å²) in [7, 11) is 0. The molecule has 0 saturated heterocycles. The van der Waals surface area contributed by atoms with Crippen LogP contribution in [-0.4, -0.2) is 20.4 Å². The lowest BCUT2D eigenvalue weighted by molar-refractivity contribution is -0.116. The highest BCUT2D eigenvalue weighted by Gasteiger charge is 2.11. The molecule has 0 radical (unpaired) electrons. The number of thiazole rings is 1. The van der Waals surface area contributed by atoms with Crippen molar-refractivity contribution in [2.45, 2.75) is 40.7 Å². The number of amides is 1. The first-order valence-electron chi connectivity index (χ1n) is 6.38. The van der Waals surface area contributed by atoms with E-state index >= 15 is 0 Å². The summed E-state index contributed by atoms with van der Waals surface area (Å²) in [5.74, 6) is -0.135. The number of nitrogens with one attached hydrogen (secondary N) is 2. The van der Waals surface area contributed by atoms with Gasteiger partial charge >= 0.3 is 5.69 Å². The number of carbonyl (C=O) groups is 1. The van der Waals surface area contributed by atoms with Gasteiger partial charge in [-0.15, -0.1) is 11.3 Å². The van der Waals surface area contributed by atoms with Gasteiger partial charge in [0.2, 0.25) is 5.91 Å². The maximum Gasteiger partial charge on any atom is 0.325 e. The predicted octanol–water partition coefficient (Wildman–Crippen LogP) is 1.90. The molecule has 2 rings (SSSR count). The normalized spacial score (nSPS) is 10.8. The summed E-state index contributed by atoms with van der Waals surface area (Å²) in [5, 5.41) is 3.37. The molecule has 6 nitrogen and oxygen atoms in total. The van der Waals surface area contributed by atoms with Gasteiger partial charge in [0.25, 0.3) is 0 Å². The molecule has 0 atom stereocenters. The van der Waals surface area contributed by atoms with Crippen molar-refractivity contribution < 1.29 is 4.79 Å². The van der Waals surface area contributed by atoms with Crippen LogP contribution in [0.3, 0.4) is 0 Å². The van der Waals surface area contributed by atoms with Crippen LogP contribution in [0.15, 0.2) is 4.79 Å². The van der Waals surface area contributed by atoms with Crippen molar-refractivity contribution in [1.29, 1.82) is 0 Å². The lowest BCUT2D eigenvalue weighted by Crippen LogP contribution is -2.22. The molecule has 20 heavy (non-hydrogen) atoms. The third-order valence-electron chi connectivity index (χ3n) is 3.32. The Balaban J connectivity index is 1.97. The summed E-state index contributed by atoms with van der Waals surface area (Å²) < 4.78 is 1.58. The average molecular weight is 294 g/mol. The third-order valence-corrected chi connectivity index (χ3v) is 4.31. The SMILES string of the molecule is Cc1nc(NC(=O)CCn2c(C)c(C)[nH]c2=O)sc1C. The number of rotatable bonds is 4. The Morgan fingerprint density at radius 3 is 2.55 bits per heavy atom. The predicted molar refractivity (Wildman–Crippen MR) is 79.4 cm³/mol. The van der Waals surface area contributed by atoms with Gasteiger partial charge in [-0.3, -0.25) is 9.36 Å². The van der Waals surface area contributed by atoms with Crippen LogP contribution in [0.5, 0.6) is 0 Å². The number of hydrogen-bond donors (Lipinski definition) is 2. The first kappa shape index (κ1) is 14.5. The van der Waals surface area contributed by atoms with Crippen molar-refractivity contribution in [1.82, 2.24) is 14.5 Å². The van der Waals surface area contributed by atoms with Crippen LogP contribution in [0.4, 0.5) is 5.13 Å². The van der Waals surface area contributed by atoms with Crippen molar-refractivity contribution >= 4 is 22.4 Å². The summed E-state index contributed by atoms with van der Waals surface area (Å²) >= 11 is 1.46. The van der Waals surface area contributed by atoms with E-state index in [9.17, 15) is 9.59 Å². The van der Waals surface area contributed by atoms with E-state index in [-0.39, 0.29) is 18.0 Å². The maximum atomic E-state index is 11.9. The van der Waals surface area contributed by atoms with E-state index in [1.807, 2.05) is 27.7 Å². The topological polar surface area (TPSA) is 79.8 Å². The van der Waals surface area contributed by atoms with Crippen molar-refractivity contribution in [3.8, 4) is 0 Å². The molecule has 0 unspecified atom stereocenters. The zero-order valence-corrected chi connectivity index (χ0v) is 12.8. The number of imidazole rings is 1. The number of anilines is 1. The van der Waals surface area contributed by atoms with Crippen LogP contribution in [0.25, 0.3) is 0 Å². The minimum atomic E-state index is -0.172. The molecule has 2 N–H and O–H groups in total. The molecule has 2 heterocycles. The van der Waals surface area contributed by atoms with Crippen LogP contribution in [0.2, 0.25) is 0 Å². The molecule has 0 aliphatic carbocycles. The fourth-order valence-electron chi connectivity index (χ4n) is 1.86. The van der Waals surface area contributed by atoms with Crippen molar-refractivity contribution in [3.05, 3.63) is 32.4 Å². The monoisotopic (exact) mass is 294 g/mol. The average Bonchev–Trinajstić information content (AvgIpc) is 2.79. The third kappa shape index (κ3) is 2.98. The van der Waals surface area contributed by atoms with Crippen molar-refractivity contribution in [2.24, 2.45) is 0 Å². The van der Waals surface area contributed by atoms with E-state index in [0.29, 0.717) is 11.7 Å². The van der Waals surface area contributed by atoms with Gasteiger partial charge in [-0.1, -0.05) is 0 Å². The Morgan fingerprint density at radius 2 is 2.05 bits per heavy atom. The van der Waals surface area contributed by atoms with E-state index in [4.69, 9.17) is 0 Å². The smallest absolute Gasteiger partial charge is 0.310 e. The first-order valence-corrected chi connectivity index (χ1v) is 7.20. The lowest BCUT2D eigenvalue weighted by Gasteiger charge is -2.04. The van der Waals surface area contributed by atoms with Crippen LogP contribution < -0.4 is 11.0 Å². The molecule has 0 fully saturated rings. The second-order valence-electron chi connectivity index (χ2n) is 4.75. The van der Waals surface area contributed by atoms with Crippen molar-refractivity contribution in [3.63, 3.8) is 0 Å². The Kier molecular flexibility index (Phi) is 4.08. The van der Waals surface area contributed by atoms with E-state index in [1.165, 1.54) is 11.3 Å². The minimum Gasteiger partial charge on any atom is -0.310 e. The Morgan fingerprint density at radius 1 is 1.35 bits per heavy atom. The van der Waals surface area contributed by atoms with Gasteiger partial charge in [0.15, 0.2) is 5.13 Å². The summed E-state index contributed by atoms with van der Waals surface area (Å²) in [6.45, 7) is 7.94. The maximum absolute atomic E-state index is 11.9. The number of aromatic nitrogens is 3. The van der Waals surface area contributed by atoms with Gasteiger partial charge in [0.05, 0.1) is 5.69 Å². The molecule has 0 spiro atoms. The summed E-state index contributed by atoms with van der Waals surface area (Å²) in [6, 6.07) is 0. The number of nitrogens with zero attached hydrogens (tertiary/aromatic N) is 2. The number of hydrogen-bond acceptors (Lipinski definition) is 4. The molecular weight excluding hydrogens is 276 g/mol. The molecule has 108 valence electrons. The van der Waals surface area contributed by atoms with Gasteiger partial charge in [-0.25, -0.2) is 9.78 Å². The van der Waals surface area contributed by atoms with Crippen LogP contribution in [-0.2, 0) is 11.3 Å². The van der Waals surface area contributed by atoms with E-state index in [0.717, 1.165) is 22.0 Å². The van der Waals surface area contributed by atoms with Gasteiger partial charge < -0.3 is 10.3 Å². The van der Waals surface area contributed by atoms with Gasteiger partial charge in [-0.05, 0) is 27.7 Å². The quantitative estimate of drug-likeness (QED) is 0.903. The molecule has 7 heteroatoms. The lowest BCUT2D eigenvalue weighted by atomic mass is 10.3. The van der Waals surface area contributed by atoms with Crippen LogP contribution in [0, 0.1) is 27.7 Å². The van der Waals surface area contributed by atoms with Gasteiger partial charge in [-0.2, -0.15) is 0 Å². The van der Waals surface area contributed by atoms with Gasteiger partial charge in [0, 0.05) is 29.2 Å². The molecule has 0 aromatic carbocycles. The fraction of sp³-hybridized carbons (Fsp3) is 0.462.